The molecule has 0 heterocycles. The Labute approximate surface area is 127 Å². The summed E-state index contributed by atoms with van der Waals surface area (Å²) in [5.74, 6) is -2.14. The summed E-state index contributed by atoms with van der Waals surface area (Å²) in [4.78, 5) is 49.7. The van der Waals surface area contributed by atoms with Crippen molar-refractivity contribution in [2.45, 2.75) is 26.2 Å². The highest BCUT2D eigenvalue weighted by Crippen LogP contribution is 2.64. The van der Waals surface area contributed by atoms with Crippen LogP contribution in [0.3, 0.4) is 0 Å². The molecule has 3 rings (SSSR count). The maximum absolute atomic E-state index is 12.8. The molecule has 1 spiro atoms. The van der Waals surface area contributed by atoms with Gasteiger partial charge < -0.3 is 9.47 Å². The SMILES string of the molecule is COC(=O)C1(C(=O)OC)C[C@@H]2CC(=O)[C@@]3(C)C=C[C@]2(C1)C3=O. The predicted octanol–water partition coefficient (Wildman–Crippen LogP) is 0.833. The molecule has 2 saturated carbocycles. The van der Waals surface area contributed by atoms with Crippen LogP contribution in [0, 0.1) is 22.2 Å². The van der Waals surface area contributed by atoms with Crippen LogP contribution in [0.4, 0.5) is 0 Å². The van der Waals surface area contributed by atoms with Crippen LogP contribution in [0.2, 0.25) is 0 Å². The summed E-state index contributed by atoms with van der Waals surface area (Å²) in [5, 5.41) is 0. The molecule has 0 aromatic heterocycles. The van der Waals surface area contributed by atoms with Crippen molar-refractivity contribution >= 4 is 23.5 Å². The number of rotatable bonds is 2. The van der Waals surface area contributed by atoms with Gasteiger partial charge in [-0.2, -0.15) is 0 Å². The van der Waals surface area contributed by atoms with Crippen molar-refractivity contribution in [3.8, 4) is 0 Å². The molecule has 118 valence electrons. The van der Waals surface area contributed by atoms with Crippen molar-refractivity contribution in [2.24, 2.45) is 22.2 Å². The minimum absolute atomic E-state index is 0.0161. The first-order valence-corrected chi connectivity index (χ1v) is 7.22. The van der Waals surface area contributed by atoms with Gasteiger partial charge in [0.2, 0.25) is 0 Å². The molecule has 0 N–H and O–H groups in total. The van der Waals surface area contributed by atoms with Gasteiger partial charge in [-0.15, -0.1) is 0 Å². The summed E-state index contributed by atoms with van der Waals surface area (Å²) < 4.78 is 9.59. The van der Waals surface area contributed by atoms with E-state index in [9.17, 15) is 19.2 Å². The average molecular weight is 306 g/mol. The Balaban J connectivity index is 2.11. The van der Waals surface area contributed by atoms with E-state index in [4.69, 9.17) is 9.47 Å². The number of esters is 2. The van der Waals surface area contributed by atoms with E-state index >= 15 is 0 Å². The minimum atomic E-state index is -1.51. The van der Waals surface area contributed by atoms with Crippen molar-refractivity contribution in [1.82, 2.24) is 0 Å². The molecular weight excluding hydrogens is 288 g/mol. The zero-order chi connectivity index (χ0) is 16.3. The molecule has 0 unspecified atom stereocenters. The number of hydrogen-bond donors (Lipinski definition) is 0. The second-order valence-electron chi connectivity index (χ2n) is 6.68. The lowest BCUT2D eigenvalue weighted by atomic mass is 9.62. The molecule has 0 aliphatic heterocycles. The Morgan fingerprint density at radius 1 is 1.14 bits per heavy atom. The van der Waals surface area contributed by atoms with E-state index in [1.807, 2.05) is 0 Å². The van der Waals surface area contributed by atoms with Crippen LogP contribution in [0.25, 0.3) is 0 Å². The van der Waals surface area contributed by atoms with Crippen LogP contribution < -0.4 is 0 Å². The molecule has 2 bridgehead atoms. The van der Waals surface area contributed by atoms with Crippen LogP contribution in [0.1, 0.15) is 26.2 Å². The number of hydrogen-bond acceptors (Lipinski definition) is 6. The number of carbonyl (C=O) groups is 4. The summed E-state index contributed by atoms with van der Waals surface area (Å²) in [6.45, 7) is 1.61. The van der Waals surface area contributed by atoms with E-state index in [0.29, 0.717) is 0 Å². The van der Waals surface area contributed by atoms with Gasteiger partial charge in [-0.05, 0) is 25.7 Å². The van der Waals surface area contributed by atoms with Gasteiger partial charge in [0.1, 0.15) is 11.2 Å². The van der Waals surface area contributed by atoms with E-state index in [2.05, 4.69) is 0 Å². The van der Waals surface area contributed by atoms with Crippen LogP contribution >= 0.6 is 0 Å². The van der Waals surface area contributed by atoms with E-state index in [1.54, 1.807) is 19.1 Å². The van der Waals surface area contributed by atoms with Gasteiger partial charge in [0.15, 0.2) is 11.2 Å². The second-order valence-corrected chi connectivity index (χ2v) is 6.68. The molecular formula is C16H18O6. The number of Topliss-reactive ketones (excluding diaryl/α,β-unsaturated/α-hetero) is 2. The monoisotopic (exact) mass is 306 g/mol. The Hall–Kier alpha value is -1.98. The first-order chi connectivity index (χ1) is 10.3. The van der Waals surface area contributed by atoms with Crippen molar-refractivity contribution in [1.29, 1.82) is 0 Å². The lowest BCUT2D eigenvalue weighted by Crippen LogP contribution is -2.48. The molecule has 0 aromatic rings. The fourth-order valence-corrected chi connectivity index (χ4v) is 4.42. The van der Waals surface area contributed by atoms with Crippen molar-refractivity contribution in [2.75, 3.05) is 14.2 Å². The highest BCUT2D eigenvalue weighted by atomic mass is 16.5. The summed E-state index contributed by atoms with van der Waals surface area (Å²) >= 11 is 0. The highest BCUT2D eigenvalue weighted by Gasteiger charge is 2.71. The topological polar surface area (TPSA) is 86.7 Å². The van der Waals surface area contributed by atoms with E-state index in [0.717, 1.165) is 0 Å². The second kappa shape index (κ2) is 4.27. The van der Waals surface area contributed by atoms with Crippen molar-refractivity contribution in [3.05, 3.63) is 12.2 Å². The molecule has 3 atom stereocenters. The molecule has 0 amide bonds. The predicted molar refractivity (Wildman–Crippen MR) is 73.5 cm³/mol. The molecule has 6 nitrogen and oxygen atoms in total. The lowest BCUT2D eigenvalue weighted by molar-refractivity contribution is -0.169. The van der Waals surface area contributed by atoms with Crippen LogP contribution in [0.5, 0.6) is 0 Å². The fraction of sp³-hybridized carbons (Fsp3) is 0.625. The third kappa shape index (κ3) is 1.45. The number of ether oxygens (including phenoxy) is 2. The van der Waals surface area contributed by atoms with Gasteiger partial charge in [-0.1, -0.05) is 12.2 Å². The minimum Gasteiger partial charge on any atom is -0.468 e. The quantitative estimate of drug-likeness (QED) is 0.427. The van der Waals surface area contributed by atoms with Crippen molar-refractivity contribution < 1.29 is 28.7 Å². The molecule has 0 radical (unpaired) electrons. The maximum Gasteiger partial charge on any atom is 0.323 e. The molecule has 0 saturated heterocycles. The Morgan fingerprint density at radius 2 is 1.73 bits per heavy atom. The number of fused-ring (bicyclic) bond motifs is 1. The first-order valence-electron chi connectivity index (χ1n) is 7.22. The van der Waals surface area contributed by atoms with Crippen LogP contribution in [0.15, 0.2) is 12.2 Å². The van der Waals surface area contributed by atoms with Gasteiger partial charge >= 0.3 is 11.9 Å². The maximum atomic E-state index is 12.8. The third-order valence-electron chi connectivity index (χ3n) is 5.69. The Bertz CT molecular complexity index is 617. The number of carbonyl (C=O) groups excluding carboxylic acids is 4. The molecule has 0 aromatic carbocycles. The standard InChI is InChI=1S/C16H18O6/c1-14-4-5-15(11(14)18)8-16(12(19)21-2,13(20)22-3)7-9(15)6-10(14)17/h4-5,9H,6-8H2,1-3H3/t9-,14+,15+/m0/s1. The first kappa shape index (κ1) is 14.9. The molecule has 2 fully saturated rings. The summed E-state index contributed by atoms with van der Waals surface area (Å²) in [6, 6.07) is 0. The van der Waals surface area contributed by atoms with Gasteiger partial charge in [0.25, 0.3) is 0 Å². The smallest absolute Gasteiger partial charge is 0.323 e. The molecule has 6 heteroatoms. The van der Waals surface area contributed by atoms with Crippen LogP contribution in [-0.4, -0.2) is 37.7 Å². The van der Waals surface area contributed by atoms with Gasteiger partial charge in [0.05, 0.1) is 19.6 Å². The van der Waals surface area contributed by atoms with Crippen LogP contribution in [-0.2, 0) is 28.7 Å². The van der Waals surface area contributed by atoms with Gasteiger partial charge in [-0.25, -0.2) is 0 Å². The zero-order valence-corrected chi connectivity index (χ0v) is 12.8. The molecule has 22 heavy (non-hydrogen) atoms. The van der Waals surface area contributed by atoms with E-state index in [1.165, 1.54) is 14.2 Å². The Kier molecular flexibility index (Phi) is 2.90. The fourth-order valence-electron chi connectivity index (χ4n) is 4.42. The average Bonchev–Trinajstić information content (AvgIpc) is 2.95. The summed E-state index contributed by atoms with van der Waals surface area (Å²) in [6.07, 6.45) is 3.65. The number of allylic oxidation sites excluding steroid dienone is 2. The lowest BCUT2D eigenvalue weighted by Gasteiger charge is -2.37. The third-order valence-corrected chi connectivity index (χ3v) is 5.69. The Morgan fingerprint density at radius 3 is 2.27 bits per heavy atom. The number of methoxy groups -OCH3 is 2. The largest absolute Gasteiger partial charge is 0.468 e. The normalized spacial score (nSPS) is 37.9. The summed E-state index contributed by atoms with van der Waals surface area (Å²) in [7, 11) is 2.41. The number of ketones is 2. The van der Waals surface area contributed by atoms with Gasteiger partial charge in [0, 0.05) is 6.42 Å². The van der Waals surface area contributed by atoms with E-state index < -0.39 is 28.2 Å². The molecule has 3 aliphatic rings. The molecule has 3 aliphatic carbocycles. The summed E-state index contributed by atoms with van der Waals surface area (Å²) in [5.41, 5.74) is -3.58. The van der Waals surface area contributed by atoms with Crippen molar-refractivity contribution in [3.63, 3.8) is 0 Å². The highest BCUT2D eigenvalue weighted by molar-refractivity contribution is 6.17. The zero-order valence-electron chi connectivity index (χ0n) is 12.8. The van der Waals surface area contributed by atoms with E-state index in [-0.39, 0.29) is 36.7 Å². The van der Waals surface area contributed by atoms with Gasteiger partial charge in [-0.3, -0.25) is 19.2 Å².